The number of pyridine rings is 1. The summed E-state index contributed by atoms with van der Waals surface area (Å²) in [6.07, 6.45) is 5.55. The van der Waals surface area contributed by atoms with Gasteiger partial charge in [-0.2, -0.15) is 0 Å². The predicted octanol–water partition coefficient (Wildman–Crippen LogP) is 3.58. The molecule has 3 heterocycles. The van der Waals surface area contributed by atoms with E-state index in [1.54, 1.807) is 17.5 Å². The number of anilines is 3. The Morgan fingerprint density at radius 1 is 1.21 bits per heavy atom. The monoisotopic (exact) mass is 397 g/mol. The van der Waals surface area contributed by atoms with Crippen LogP contribution in [0, 0.1) is 0 Å². The quantitative estimate of drug-likeness (QED) is 0.620. The summed E-state index contributed by atoms with van der Waals surface area (Å²) in [4.78, 5) is 11.1. The average Bonchev–Trinajstić information content (AvgIpc) is 3.24. The second-order valence-corrected chi connectivity index (χ2v) is 8.54. The van der Waals surface area contributed by atoms with E-state index in [4.69, 9.17) is 0 Å². The Kier molecular flexibility index (Phi) is 4.54. The lowest BCUT2D eigenvalue weighted by atomic mass is 9.93. The van der Waals surface area contributed by atoms with Crippen molar-refractivity contribution >= 4 is 38.2 Å². The molecule has 1 fully saturated rings. The van der Waals surface area contributed by atoms with E-state index in [1.165, 1.54) is 5.06 Å². The highest BCUT2D eigenvalue weighted by molar-refractivity contribution is 7.22. The summed E-state index contributed by atoms with van der Waals surface area (Å²) in [5.74, 6) is 0.794. The van der Waals surface area contributed by atoms with Crippen LogP contribution in [0.2, 0.25) is 0 Å². The van der Waals surface area contributed by atoms with Crippen molar-refractivity contribution in [3.05, 3.63) is 42.1 Å². The molecule has 3 N–H and O–H groups in total. The summed E-state index contributed by atoms with van der Waals surface area (Å²) in [6.45, 7) is 1.07. The highest BCUT2D eigenvalue weighted by Gasteiger charge is 2.26. The van der Waals surface area contributed by atoms with Crippen LogP contribution in [0.3, 0.4) is 0 Å². The van der Waals surface area contributed by atoms with Gasteiger partial charge in [-0.25, -0.2) is 15.0 Å². The van der Waals surface area contributed by atoms with Crippen LogP contribution in [-0.2, 0) is 6.54 Å². The molecule has 5 rings (SSSR count). The molecule has 0 saturated heterocycles. The molecule has 2 atom stereocenters. The van der Waals surface area contributed by atoms with Crippen LogP contribution in [0.15, 0.2) is 36.5 Å². The number of hydroxylamine groups is 1. The number of rotatable bonds is 4. The Labute approximate surface area is 167 Å². The van der Waals surface area contributed by atoms with Gasteiger partial charge in [-0.3, -0.25) is 5.21 Å². The molecule has 7 nitrogen and oxygen atoms in total. The molecule has 2 aromatic heterocycles. The minimum Gasteiger partial charge on any atom is -0.391 e. The molecule has 0 unspecified atom stereocenters. The normalized spacial score (nSPS) is 21.9. The van der Waals surface area contributed by atoms with Crippen molar-refractivity contribution in [2.45, 2.75) is 44.4 Å². The Bertz CT molecular complexity index is 994. The Hall–Kier alpha value is -2.42. The number of thiazole rings is 1. The van der Waals surface area contributed by atoms with Gasteiger partial charge in [0.05, 0.1) is 22.4 Å². The van der Waals surface area contributed by atoms with Gasteiger partial charge in [-0.05, 0) is 42.7 Å². The first-order valence-corrected chi connectivity index (χ1v) is 10.5. The van der Waals surface area contributed by atoms with Crippen molar-refractivity contribution in [3.63, 3.8) is 0 Å². The first kappa shape index (κ1) is 17.7. The lowest BCUT2D eigenvalue weighted by Crippen LogP contribution is -2.36. The van der Waals surface area contributed by atoms with Crippen LogP contribution in [0.25, 0.3) is 10.2 Å². The lowest BCUT2D eigenvalue weighted by Gasteiger charge is -2.27. The molecule has 0 bridgehead atoms. The summed E-state index contributed by atoms with van der Waals surface area (Å²) in [6, 6.07) is 10.0. The first-order chi connectivity index (χ1) is 13.7. The van der Waals surface area contributed by atoms with E-state index < -0.39 is 0 Å². The molecule has 146 valence electrons. The number of aliphatic hydroxyl groups is 1. The standard InChI is InChI=1S/C20H23N5O2S/c26-17-6-2-1-4-14(17)22-20-23-15-8-7-13(10-18(15)28-20)11-24-12-25(27)16-5-3-9-21-19(16)24/h3,5,7-10,14,17,26-27H,1-2,4,6,11-12H2,(H,22,23)/t14-,17-/m1/s1. The molecule has 1 aliphatic heterocycles. The maximum Gasteiger partial charge on any atom is 0.184 e. The molecule has 2 aliphatic rings. The number of nitrogens with one attached hydrogen (secondary N) is 1. The molecule has 1 aliphatic carbocycles. The van der Waals surface area contributed by atoms with Gasteiger partial charge in [0.2, 0.25) is 0 Å². The summed E-state index contributed by atoms with van der Waals surface area (Å²) in [7, 11) is 0. The molecule has 1 aromatic carbocycles. The van der Waals surface area contributed by atoms with Crippen molar-refractivity contribution in [2.75, 3.05) is 21.9 Å². The van der Waals surface area contributed by atoms with Crippen molar-refractivity contribution < 1.29 is 10.3 Å². The number of benzene rings is 1. The number of nitrogens with zero attached hydrogens (tertiary/aromatic N) is 4. The van der Waals surface area contributed by atoms with Crippen LogP contribution in [0.4, 0.5) is 16.6 Å². The maximum absolute atomic E-state index is 10.2. The van der Waals surface area contributed by atoms with Gasteiger partial charge in [0.15, 0.2) is 10.9 Å². The fraction of sp³-hybridized carbons (Fsp3) is 0.400. The third-order valence-electron chi connectivity index (χ3n) is 5.51. The molecular weight excluding hydrogens is 374 g/mol. The second kappa shape index (κ2) is 7.20. The number of hydrogen-bond donors (Lipinski definition) is 3. The zero-order valence-electron chi connectivity index (χ0n) is 15.5. The summed E-state index contributed by atoms with van der Waals surface area (Å²) in [5.41, 5.74) is 2.84. The number of aliphatic hydroxyl groups excluding tert-OH is 1. The van der Waals surface area contributed by atoms with Crippen LogP contribution in [0.1, 0.15) is 31.2 Å². The zero-order valence-corrected chi connectivity index (χ0v) is 16.3. The zero-order chi connectivity index (χ0) is 19.1. The van der Waals surface area contributed by atoms with Gasteiger partial charge in [0, 0.05) is 12.7 Å². The molecule has 28 heavy (non-hydrogen) atoms. The van der Waals surface area contributed by atoms with Crippen LogP contribution in [-0.4, -0.2) is 39.1 Å². The molecule has 0 spiro atoms. The molecule has 8 heteroatoms. The van der Waals surface area contributed by atoms with E-state index in [9.17, 15) is 10.3 Å². The van der Waals surface area contributed by atoms with E-state index in [2.05, 4.69) is 32.3 Å². The number of hydrogen-bond acceptors (Lipinski definition) is 8. The fourth-order valence-corrected chi connectivity index (χ4v) is 5.04. The van der Waals surface area contributed by atoms with Crippen molar-refractivity contribution in [3.8, 4) is 0 Å². The molecule has 3 aromatic rings. The van der Waals surface area contributed by atoms with Crippen molar-refractivity contribution in [1.82, 2.24) is 9.97 Å². The molecule has 0 radical (unpaired) electrons. The van der Waals surface area contributed by atoms with Crippen LogP contribution in [0.5, 0.6) is 0 Å². The largest absolute Gasteiger partial charge is 0.391 e. The summed E-state index contributed by atoms with van der Waals surface area (Å²) >= 11 is 1.62. The number of fused-ring (bicyclic) bond motifs is 2. The lowest BCUT2D eigenvalue weighted by molar-refractivity contribution is 0.116. The van der Waals surface area contributed by atoms with E-state index >= 15 is 0 Å². The van der Waals surface area contributed by atoms with Gasteiger partial charge < -0.3 is 15.3 Å². The van der Waals surface area contributed by atoms with Gasteiger partial charge in [0.25, 0.3) is 0 Å². The Morgan fingerprint density at radius 2 is 2.11 bits per heavy atom. The highest BCUT2D eigenvalue weighted by Crippen LogP contribution is 2.34. The topological polar surface area (TPSA) is 84.8 Å². The van der Waals surface area contributed by atoms with Crippen LogP contribution < -0.4 is 15.3 Å². The third kappa shape index (κ3) is 3.28. The highest BCUT2D eigenvalue weighted by atomic mass is 32.1. The van der Waals surface area contributed by atoms with Gasteiger partial charge in [-0.15, -0.1) is 0 Å². The predicted molar refractivity (Wildman–Crippen MR) is 111 cm³/mol. The van der Waals surface area contributed by atoms with Gasteiger partial charge in [-0.1, -0.05) is 30.2 Å². The first-order valence-electron chi connectivity index (χ1n) is 9.68. The van der Waals surface area contributed by atoms with E-state index in [0.29, 0.717) is 13.2 Å². The average molecular weight is 398 g/mol. The van der Waals surface area contributed by atoms with Crippen LogP contribution >= 0.6 is 11.3 Å². The number of aromatic nitrogens is 2. The van der Waals surface area contributed by atoms with Gasteiger partial charge >= 0.3 is 0 Å². The fourth-order valence-electron chi connectivity index (χ4n) is 4.05. The van der Waals surface area contributed by atoms with Crippen molar-refractivity contribution in [1.29, 1.82) is 0 Å². The van der Waals surface area contributed by atoms with Gasteiger partial charge in [0.1, 0.15) is 12.4 Å². The minimum atomic E-state index is -0.291. The SMILES string of the molecule is O[C@@H]1CCCC[C@H]1Nc1nc2ccc(CN3CN(O)c4cccnc43)cc2s1. The molecular formula is C20H23N5O2S. The second-order valence-electron chi connectivity index (χ2n) is 7.51. The summed E-state index contributed by atoms with van der Waals surface area (Å²) in [5, 5.41) is 25.8. The van der Waals surface area contributed by atoms with E-state index in [-0.39, 0.29) is 12.1 Å². The molecule has 1 saturated carbocycles. The van der Waals surface area contributed by atoms with E-state index in [0.717, 1.165) is 58.1 Å². The smallest absolute Gasteiger partial charge is 0.184 e. The molecule has 0 amide bonds. The maximum atomic E-state index is 10.2. The third-order valence-corrected chi connectivity index (χ3v) is 6.46. The van der Waals surface area contributed by atoms with Crippen molar-refractivity contribution in [2.24, 2.45) is 0 Å². The minimum absolute atomic E-state index is 0.0940. The summed E-state index contributed by atoms with van der Waals surface area (Å²) < 4.78 is 1.12. The van der Waals surface area contributed by atoms with E-state index in [1.807, 2.05) is 18.2 Å². The Morgan fingerprint density at radius 3 is 3.00 bits per heavy atom. The Balaban J connectivity index is 1.34.